The van der Waals surface area contributed by atoms with Crippen molar-refractivity contribution in [3.8, 4) is 0 Å². The summed E-state index contributed by atoms with van der Waals surface area (Å²) in [4.78, 5) is 11.7. The van der Waals surface area contributed by atoms with Gasteiger partial charge in [0.1, 0.15) is 0 Å². The van der Waals surface area contributed by atoms with Crippen LogP contribution in [-0.2, 0) is 4.74 Å². The molecular formula is C12H12N2O2. The number of carbonyl (C=O) groups excluding carboxylic acids is 1. The molecule has 0 radical (unpaired) electrons. The highest BCUT2D eigenvalue weighted by Gasteiger charge is 2.12. The first-order valence-corrected chi connectivity index (χ1v) is 5.12. The van der Waals surface area contributed by atoms with Crippen molar-refractivity contribution in [2.75, 3.05) is 6.61 Å². The van der Waals surface area contributed by atoms with Gasteiger partial charge in [0, 0.05) is 5.39 Å². The lowest BCUT2D eigenvalue weighted by molar-refractivity contribution is 0.0528. The van der Waals surface area contributed by atoms with Crippen LogP contribution in [0.1, 0.15) is 22.8 Å². The van der Waals surface area contributed by atoms with Gasteiger partial charge in [-0.25, -0.2) is 4.79 Å². The highest BCUT2D eigenvalue weighted by atomic mass is 16.5. The molecule has 4 heteroatoms. The zero-order valence-electron chi connectivity index (χ0n) is 9.23. The van der Waals surface area contributed by atoms with Crippen LogP contribution >= 0.6 is 0 Å². The second-order valence-corrected chi connectivity index (χ2v) is 3.45. The number of hydrogen-bond acceptors (Lipinski definition) is 4. The van der Waals surface area contributed by atoms with Crippen LogP contribution in [0.4, 0.5) is 0 Å². The van der Waals surface area contributed by atoms with Crippen molar-refractivity contribution in [3.63, 3.8) is 0 Å². The van der Waals surface area contributed by atoms with Gasteiger partial charge in [-0.1, -0.05) is 18.2 Å². The summed E-state index contributed by atoms with van der Waals surface area (Å²) in [7, 11) is 0. The Bertz CT molecular complexity index is 538. The first kappa shape index (κ1) is 10.5. The molecule has 2 rings (SSSR count). The predicted octanol–water partition coefficient (Wildman–Crippen LogP) is 2.11. The second-order valence-electron chi connectivity index (χ2n) is 3.45. The molecular weight excluding hydrogens is 204 g/mol. The van der Waals surface area contributed by atoms with Crippen molar-refractivity contribution >= 4 is 16.9 Å². The summed E-state index contributed by atoms with van der Waals surface area (Å²) in [5.41, 5.74) is 2.21. The maximum Gasteiger partial charge on any atom is 0.340 e. The topological polar surface area (TPSA) is 52.1 Å². The van der Waals surface area contributed by atoms with Crippen LogP contribution in [0.3, 0.4) is 0 Å². The molecule has 0 bridgehead atoms. The summed E-state index contributed by atoms with van der Waals surface area (Å²) in [6.45, 7) is 4.07. The molecule has 0 spiro atoms. The van der Waals surface area contributed by atoms with Crippen molar-refractivity contribution in [1.29, 1.82) is 0 Å². The van der Waals surface area contributed by atoms with Gasteiger partial charge in [-0.05, 0) is 19.4 Å². The average molecular weight is 216 g/mol. The van der Waals surface area contributed by atoms with Crippen molar-refractivity contribution < 1.29 is 9.53 Å². The summed E-state index contributed by atoms with van der Waals surface area (Å²) in [6, 6.07) is 5.68. The van der Waals surface area contributed by atoms with Gasteiger partial charge in [-0.2, -0.15) is 10.2 Å². The van der Waals surface area contributed by atoms with E-state index in [2.05, 4.69) is 10.2 Å². The zero-order chi connectivity index (χ0) is 11.5. The van der Waals surface area contributed by atoms with E-state index in [1.165, 1.54) is 6.20 Å². The average Bonchev–Trinajstić information content (AvgIpc) is 2.29. The van der Waals surface area contributed by atoms with Crippen LogP contribution in [-0.4, -0.2) is 22.8 Å². The molecule has 0 aliphatic heterocycles. The maximum atomic E-state index is 11.7. The Morgan fingerprint density at radius 2 is 2.25 bits per heavy atom. The number of nitrogens with zero attached hydrogens (tertiary/aromatic N) is 2. The maximum absolute atomic E-state index is 11.7. The molecule has 0 saturated carbocycles. The van der Waals surface area contributed by atoms with E-state index >= 15 is 0 Å². The van der Waals surface area contributed by atoms with E-state index in [4.69, 9.17) is 4.74 Å². The number of fused-ring (bicyclic) bond motifs is 1. The highest BCUT2D eigenvalue weighted by molar-refractivity contribution is 6.03. The van der Waals surface area contributed by atoms with Crippen LogP contribution < -0.4 is 0 Å². The summed E-state index contributed by atoms with van der Waals surface area (Å²) < 4.78 is 4.97. The molecule has 4 nitrogen and oxygen atoms in total. The third-order valence-electron chi connectivity index (χ3n) is 2.37. The standard InChI is InChI=1S/C12H12N2O2/c1-3-16-12(15)10-7-13-14-11-8(2)5-4-6-9(10)11/h4-7H,3H2,1-2H3. The molecule has 0 aliphatic rings. The minimum atomic E-state index is -0.354. The Kier molecular flexibility index (Phi) is 2.81. The van der Waals surface area contributed by atoms with Gasteiger partial charge in [0.15, 0.2) is 0 Å². The lowest BCUT2D eigenvalue weighted by Crippen LogP contribution is -2.06. The molecule has 0 unspecified atom stereocenters. The van der Waals surface area contributed by atoms with Crippen molar-refractivity contribution in [2.45, 2.75) is 13.8 Å². The van der Waals surface area contributed by atoms with E-state index in [0.29, 0.717) is 12.2 Å². The number of aryl methyl sites for hydroxylation is 1. The highest BCUT2D eigenvalue weighted by Crippen LogP contribution is 2.19. The fraction of sp³-hybridized carbons (Fsp3) is 0.250. The number of carbonyl (C=O) groups is 1. The molecule has 16 heavy (non-hydrogen) atoms. The first-order chi connectivity index (χ1) is 7.74. The van der Waals surface area contributed by atoms with E-state index < -0.39 is 0 Å². The SMILES string of the molecule is CCOC(=O)c1cnnc2c(C)cccc12. The molecule has 0 aliphatic carbocycles. The summed E-state index contributed by atoms with van der Waals surface area (Å²) >= 11 is 0. The Morgan fingerprint density at radius 3 is 3.00 bits per heavy atom. The van der Waals surface area contributed by atoms with Crippen LogP contribution in [0.2, 0.25) is 0 Å². The zero-order valence-corrected chi connectivity index (χ0v) is 9.23. The van der Waals surface area contributed by atoms with Gasteiger partial charge in [-0.15, -0.1) is 0 Å². The third-order valence-corrected chi connectivity index (χ3v) is 2.37. The molecule has 1 aromatic carbocycles. The Morgan fingerprint density at radius 1 is 1.44 bits per heavy atom. The quantitative estimate of drug-likeness (QED) is 0.721. The van der Waals surface area contributed by atoms with Crippen molar-refractivity contribution in [2.24, 2.45) is 0 Å². The summed E-state index contributed by atoms with van der Waals surface area (Å²) in [6.07, 6.45) is 1.44. The van der Waals surface area contributed by atoms with Crippen LogP contribution in [0.25, 0.3) is 10.9 Å². The fourth-order valence-electron chi connectivity index (χ4n) is 1.59. The molecule has 0 amide bonds. The Balaban J connectivity index is 2.62. The number of rotatable bonds is 2. The normalized spacial score (nSPS) is 10.4. The lowest BCUT2D eigenvalue weighted by atomic mass is 10.1. The van der Waals surface area contributed by atoms with Crippen molar-refractivity contribution in [3.05, 3.63) is 35.5 Å². The Hall–Kier alpha value is -1.97. The molecule has 82 valence electrons. The predicted molar refractivity (Wildman–Crippen MR) is 60.2 cm³/mol. The van der Waals surface area contributed by atoms with Gasteiger partial charge < -0.3 is 4.74 Å². The lowest BCUT2D eigenvalue weighted by Gasteiger charge is -2.05. The summed E-state index contributed by atoms with van der Waals surface area (Å²) in [5, 5.41) is 8.64. The van der Waals surface area contributed by atoms with Crippen LogP contribution in [0.5, 0.6) is 0 Å². The molecule has 0 saturated heterocycles. The van der Waals surface area contributed by atoms with Gasteiger partial charge in [0.05, 0.1) is 23.9 Å². The van der Waals surface area contributed by atoms with Gasteiger partial charge >= 0.3 is 5.97 Å². The van der Waals surface area contributed by atoms with Crippen LogP contribution in [0, 0.1) is 6.92 Å². The number of benzene rings is 1. The molecule has 2 aromatic rings. The molecule has 1 heterocycles. The largest absolute Gasteiger partial charge is 0.462 e. The fourth-order valence-corrected chi connectivity index (χ4v) is 1.59. The van der Waals surface area contributed by atoms with Gasteiger partial charge in [0.2, 0.25) is 0 Å². The molecule has 1 aromatic heterocycles. The van der Waals surface area contributed by atoms with E-state index in [0.717, 1.165) is 16.5 Å². The van der Waals surface area contributed by atoms with E-state index in [1.807, 2.05) is 25.1 Å². The smallest absolute Gasteiger partial charge is 0.340 e. The van der Waals surface area contributed by atoms with E-state index in [1.54, 1.807) is 6.92 Å². The monoisotopic (exact) mass is 216 g/mol. The van der Waals surface area contributed by atoms with Gasteiger partial charge in [0.25, 0.3) is 0 Å². The number of esters is 1. The summed E-state index contributed by atoms with van der Waals surface area (Å²) in [5.74, 6) is -0.354. The minimum absolute atomic E-state index is 0.354. The van der Waals surface area contributed by atoms with E-state index in [9.17, 15) is 4.79 Å². The number of hydrogen-bond donors (Lipinski definition) is 0. The Labute approximate surface area is 93.3 Å². The third kappa shape index (κ3) is 1.74. The van der Waals surface area contributed by atoms with Crippen molar-refractivity contribution in [1.82, 2.24) is 10.2 Å². The molecule has 0 N–H and O–H groups in total. The van der Waals surface area contributed by atoms with Crippen LogP contribution in [0.15, 0.2) is 24.4 Å². The van der Waals surface area contributed by atoms with Gasteiger partial charge in [-0.3, -0.25) is 0 Å². The van der Waals surface area contributed by atoms with E-state index in [-0.39, 0.29) is 5.97 Å². The number of ether oxygens (including phenoxy) is 1. The molecule has 0 fully saturated rings. The second kappa shape index (κ2) is 4.26. The minimum Gasteiger partial charge on any atom is -0.462 e. The first-order valence-electron chi connectivity index (χ1n) is 5.12. The number of aromatic nitrogens is 2. The molecule has 0 atom stereocenters.